The molecule has 3 aromatic rings. The molecule has 3 rings (SSSR count). The van der Waals surface area contributed by atoms with Gasteiger partial charge in [-0.2, -0.15) is 5.10 Å². The molecule has 0 radical (unpaired) electrons. The second-order valence-electron chi connectivity index (χ2n) is 5.72. The number of rotatable bonds is 5. The molecule has 6 nitrogen and oxygen atoms in total. The maximum Gasteiger partial charge on any atom is 0.353 e. The van der Waals surface area contributed by atoms with E-state index in [1.165, 1.54) is 12.1 Å². The van der Waals surface area contributed by atoms with Crippen LogP contribution in [0.3, 0.4) is 0 Å². The number of aromatic carboxylic acids is 1. The summed E-state index contributed by atoms with van der Waals surface area (Å²) in [6.45, 7) is 1.84. The lowest BCUT2D eigenvalue weighted by Gasteiger charge is -2.10. The molecule has 2 aromatic carbocycles. The van der Waals surface area contributed by atoms with Crippen molar-refractivity contribution in [3.63, 3.8) is 0 Å². The van der Waals surface area contributed by atoms with Crippen molar-refractivity contribution < 1.29 is 18.3 Å². The number of nitrogens with zero attached hydrogens (tertiary/aromatic N) is 1. The van der Waals surface area contributed by atoms with Gasteiger partial charge < -0.3 is 5.11 Å². The number of aryl methyl sites for hydroxylation is 1. The summed E-state index contributed by atoms with van der Waals surface area (Å²) in [5.41, 5.74) is 2.12. The zero-order valence-electron chi connectivity index (χ0n) is 13.4. The van der Waals surface area contributed by atoms with E-state index in [9.17, 15) is 13.2 Å². The van der Waals surface area contributed by atoms with Gasteiger partial charge in [-0.25, -0.2) is 13.2 Å². The third kappa shape index (κ3) is 3.61. The van der Waals surface area contributed by atoms with E-state index in [-0.39, 0.29) is 22.0 Å². The van der Waals surface area contributed by atoms with Crippen LogP contribution in [0.15, 0.2) is 59.5 Å². The predicted molar refractivity (Wildman–Crippen MR) is 93.1 cm³/mol. The Balaban J connectivity index is 2.08. The topological polar surface area (TPSA) is 100 Å². The number of carbonyl (C=O) groups is 1. The molecule has 0 aliphatic rings. The Labute approximate surface area is 145 Å². The van der Waals surface area contributed by atoms with Crippen LogP contribution in [0.1, 0.15) is 21.6 Å². The fourth-order valence-corrected chi connectivity index (χ4v) is 4.12. The molecule has 0 atom stereocenters. The SMILES string of the molecule is Cc1ccc(S(=O)(=O)Cc2ccccc2)c(-c2cc(C(=O)O)[nH]n2)c1. The second kappa shape index (κ2) is 6.52. The van der Waals surface area contributed by atoms with Gasteiger partial charge in [0.25, 0.3) is 0 Å². The van der Waals surface area contributed by atoms with Crippen LogP contribution in [-0.4, -0.2) is 29.7 Å². The molecule has 0 bridgehead atoms. The summed E-state index contributed by atoms with van der Waals surface area (Å²) in [5.74, 6) is -1.29. The van der Waals surface area contributed by atoms with E-state index in [2.05, 4.69) is 10.2 Å². The molecule has 0 fully saturated rings. The summed E-state index contributed by atoms with van der Waals surface area (Å²) in [7, 11) is -3.62. The van der Waals surface area contributed by atoms with E-state index >= 15 is 0 Å². The molecule has 25 heavy (non-hydrogen) atoms. The molecule has 0 unspecified atom stereocenters. The van der Waals surface area contributed by atoms with E-state index in [0.29, 0.717) is 11.1 Å². The molecule has 0 amide bonds. The number of nitrogens with one attached hydrogen (secondary N) is 1. The van der Waals surface area contributed by atoms with Gasteiger partial charge in [-0.1, -0.05) is 42.0 Å². The summed E-state index contributed by atoms with van der Waals surface area (Å²) in [6.07, 6.45) is 0. The van der Waals surface area contributed by atoms with Crippen LogP contribution in [0.25, 0.3) is 11.3 Å². The van der Waals surface area contributed by atoms with Crippen molar-refractivity contribution in [2.24, 2.45) is 0 Å². The highest BCUT2D eigenvalue weighted by molar-refractivity contribution is 7.90. The van der Waals surface area contributed by atoms with Crippen molar-refractivity contribution in [3.05, 3.63) is 71.4 Å². The highest BCUT2D eigenvalue weighted by atomic mass is 32.2. The van der Waals surface area contributed by atoms with Crippen LogP contribution < -0.4 is 0 Å². The molecule has 0 saturated heterocycles. The molecule has 0 saturated carbocycles. The monoisotopic (exact) mass is 356 g/mol. The van der Waals surface area contributed by atoms with Gasteiger partial charge in [0.1, 0.15) is 5.69 Å². The minimum Gasteiger partial charge on any atom is -0.477 e. The van der Waals surface area contributed by atoms with Crippen molar-refractivity contribution in [2.45, 2.75) is 17.6 Å². The number of sulfone groups is 1. The van der Waals surface area contributed by atoms with Gasteiger partial charge in [-0.3, -0.25) is 5.10 Å². The number of H-pyrrole nitrogens is 1. The Kier molecular flexibility index (Phi) is 4.41. The first-order chi connectivity index (χ1) is 11.9. The quantitative estimate of drug-likeness (QED) is 0.732. The maximum atomic E-state index is 12.9. The van der Waals surface area contributed by atoms with Crippen LogP contribution in [0.2, 0.25) is 0 Å². The van der Waals surface area contributed by atoms with Gasteiger partial charge in [-0.05, 0) is 30.7 Å². The van der Waals surface area contributed by atoms with Crippen molar-refractivity contribution in [3.8, 4) is 11.3 Å². The van der Waals surface area contributed by atoms with Crippen LogP contribution in [0.5, 0.6) is 0 Å². The van der Waals surface area contributed by atoms with Gasteiger partial charge in [0.15, 0.2) is 9.84 Å². The lowest BCUT2D eigenvalue weighted by Crippen LogP contribution is -2.07. The van der Waals surface area contributed by atoms with Gasteiger partial charge >= 0.3 is 5.97 Å². The minimum atomic E-state index is -3.62. The number of carboxylic acid groups (broad SMARTS) is 1. The zero-order valence-corrected chi connectivity index (χ0v) is 14.2. The molecule has 128 valence electrons. The molecule has 0 aliphatic carbocycles. The number of hydrogen-bond donors (Lipinski definition) is 2. The molecule has 0 spiro atoms. The first kappa shape index (κ1) is 16.9. The first-order valence-electron chi connectivity index (χ1n) is 7.53. The molecule has 2 N–H and O–H groups in total. The molecular weight excluding hydrogens is 340 g/mol. The van der Waals surface area contributed by atoms with Crippen molar-refractivity contribution in [1.82, 2.24) is 10.2 Å². The largest absolute Gasteiger partial charge is 0.477 e. The number of aromatic nitrogens is 2. The lowest BCUT2D eigenvalue weighted by atomic mass is 10.1. The number of carboxylic acids is 1. The molecule has 1 aromatic heterocycles. The number of benzene rings is 2. The lowest BCUT2D eigenvalue weighted by molar-refractivity contribution is 0.0690. The van der Waals surface area contributed by atoms with Gasteiger partial charge in [0.05, 0.1) is 16.3 Å². The Bertz CT molecular complexity index is 1020. The average molecular weight is 356 g/mol. The van der Waals surface area contributed by atoms with E-state index < -0.39 is 15.8 Å². The summed E-state index contributed by atoms with van der Waals surface area (Å²) in [5, 5.41) is 15.4. The Morgan fingerprint density at radius 3 is 2.48 bits per heavy atom. The highest BCUT2D eigenvalue weighted by Crippen LogP contribution is 2.30. The zero-order chi connectivity index (χ0) is 18.0. The summed E-state index contributed by atoms with van der Waals surface area (Å²) >= 11 is 0. The third-order valence-electron chi connectivity index (χ3n) is 3.75. The van der Waals surface area contributed by atoms with Gasteiger partial charge in [0, 0.05) is 5.56 Å². The molecule has 7 heteroatoms. The van der Waals surface area contributed by atoms with Crippen molar-refractivity contribution in [1.29, 1.82) is 0 Å². The van der Waals surface area contributed by atoms with E-state index in [4.69, 9.17) is 5.11 Å². The number of hydrogen-bond acceptors (Lipinski definition) is 4. The van der Waals surface area contributed by atoms with Crippen LogP contribution in [-0.2, 0) is 15.6 Å². The molecule has 0 aliphatic heterocycles. The van der Waals surface area contributed by atoms with Crippen molar-refractivity contribution >= 4 is 15.8 Å². The molecule has 1 heterocycles. The minimum absolute atomic E-state index is 0.0945. The van der Waals surface area contributed by atoms with Crippen molar-refractivity contribution in [2.75, 3.05) is 0 Å². The third-order valence-corrected chi connectivity index (χ3v) is 5.49. The maximum absolute atomic E-state index is 12.9. The molecular formula is C18H16N2O4S. The summed E-state index contributed by atoms with van der Waals surface area (Å²) < 4.78 is 25.8. The van der Waals surface area contributed by atoms with E-state index in [1.807, 2.05) is 13.0 Å². The van der Waals surface area contributed by atoms with Gasteiger partial charge in [0.2, 0.25) is 0 Å². The van der Waals surface area contributed by atoms with E-state index in [1.54, 1.807) is 36.4 Å². The Morgan fingerprint density at radius 2 is 1.84 bits per heavy atom. The van der Waals surface area contributed by atoms with Gasteiger partial charge in [-0.15, -0.1) is 0 Å². The van der Waals surface area contributed by atoms with Crippen LogP contribution >= 0.6 is 0 Å². The first-order valence-corrected chi connectivity index (χ1v) is 9.18. The normalized spacial score (nSPS) is 11.4. The highest BCUT2D eigenvalue weighted by Gasteiger charge is 2.22. The Morgan fingerprint density at radius 1 is 1.12 bits per heavy atom. The fraction of sp³-hybridized carbons (Fsp3) is 0.111. The smallest absolute Gasteiger partial charge is 0.353 e. The summed E-state index contributed by atoms with van der Waals surface area (Å²) in [6, 6.07) is 15.2. The van der Waals surface area contributed by atoms with E-state index in [0.717, 1.165) is 5.56 Å². The number of aromatic amines is 1. The predicted octanol–water partition coefficient (Wildman–Crippen LogP) is 3.06. The Hall–Kier alpha value is -2.93. The van der Waals surface area contributed by atoms with Crippen LogP contribution in [0.4, 0.5) is 0 Å². The van der Waals surface area contributed by atoms with Crippen LogP contribution in [0, 0.1) is 6.92 Å². The second-order valence-corrected chi connectivity index (χ2v) is 7.67. The average Bonchev–Trinajstić information content (AvgIpc) is 3.05. The standard InChI is InChI=1S/C18H16N2O4S/c1-12-7-8-17(25(23,24)11-13-5-3-2-4-6-13)14(9-12)15-10-16(18(21)22)20-19-15/h2-10H,11H2,1H3,(H,19,20)(H,21,22). The fourth-order valence-electron chi connectivity index (χ4n) is 2.56. The summed E-state index contributed by atoms with van der Waals surface area (Å²) in [4.78, 5) is 11.2.